The largest absolute Gasteiger partial charge is 0.338 e. The second-order valence-electron chi connectivity index (χ2n) is 4.87. The summed E-state index contributed by atoms with van der Waals surface area (Å²) in [5.74, 6) is 1.67. The topological polar surface area (TPSA) is 67.6 Å². The van der Waals surface area contributed by atoms with E-state index >= 15 is 0 Å². The maximum atomic E-state index is 5.88. The molecule has 1 N–H and O–H groups in total. The van der Waals surface area contributed by atoms with Gasteiger partial charge in [0.2, 0.25) is 11.7 Å². The number of nitrogens with zero attached hydrogens (tertiary/aromatic N) is 3. The van der Waals surface area contributed by atoms with Gasteiger partial charge in [-0.05, 0) is 36.4 Å². The number of thioether (sulfide) groups is 1. The van der Waals surface area contributed by atoms with Gasteiger partial charge in [0.25, 0.3) is 0 Å². The Kier molecular flexibility index (Phi) is 3.77. The van der Waals surface area contributed by atoms with Gasteiger partial charge in [0, 0.05) is 10.6 Å². The predicted molar refractivity (Wildman–Crippen MR) is 90.4 cm³/mol. The molecule has 2 heterocycles. The summed E-state index contributed by atoms with van der Waals surface area (Å²) in [5, 5.41) is 5.51. The van der Waals surface area contributed by atoms with Crippen molar-refractivity contribution >= 4 is 34.4 Å². The van der Waals surface area contributed by atoms with Crippen molar-refractivity contribution < 1.29 is 4.52 Å². The van der Waals surface area contributed by atoms with E-state index in [1.807, 2.05) is 36.4 Å². The number of para-hydroxylation sites is 2. The number of hydrogen-bond acceptors (Lipinski definition) is 5. The van der Waals surface area contributed by atoms with Crippen LogP contribution in [-0.2, 0) is 5.75 Å². The van der Waals surface area contributed by atoms with Crippen molar-refractivity contribution in [1.82, 2.24) is 20.1 Å². The standard InChI is InChI=1S/C16H11ClN4OS/c17-11-7-5-10(6-8-11)15-20-14(22-21-15)9-23-16-18-12-3-1-2-4-13(12)19-16/h1-8H,9H2,(H,18,19). The summed E-state index contributed by atoms with van der Waals surface area (Å²) in [6.45, 7) is 0. The van der Waals surface area contributed by atoms with Gasteiger partial charge in [-0.25, -0.2) is 4.98 Å². The van der Waals surface area contributed by atoms with E-state index in [1.165, 1.54) is 11.8 Å². The van der Waals surface area contributed by atoms with Crippen LogP contribution in [0, 0.1) is 0 Å². The molecule has 2 aromatic heterocycles. The Morgan fingerprint density at radius 1 is 1.04 bits per heavy atom. The monoisotopic (exact) mass is 342 g/mol. The van der Waals surface area contributed by atoms with Crippen LogP contribution in [-0.4, -0.2) is 20.1 Å². The lowest BCUT2D eigenvalue weighted by Crippen LogP contribution is -1.83. The van der Waals surface area contributed by atoms with E-state index in [0.717, 1.165) is 21.8 Å². The molecule has 0 aliphatic heterocycles. The number of H-pyrrole nitrogens is 1. The highest BCUT2D eigenvalue weighted by molar-refractivity contribution is 7.98. The van der Waals surface area contributed by atoms with Crippen molar-refractivity contribution in [2.45, 2.75) is 10.9 Å². The molecule has 23 heavy (non-hydrogen) atoms. The van der Waals surface area contributed by atoms with Gasteiger partial charge in [-0.15, -0.1) is 0 Å². The highest BCUT2D eigenvalue weighted by atomic mass is 35.5. The van der Waals surface area contributed by atoms with Crippen molar-refractivity contribution in [2.75, 3.05) is 0 Å². The van der Waals surface area contributed by atoms with E-state index in [2.05, 4.69) is 20.1 Å². The third kappa shape index (κ3) is 3.09. The van der Waals surface area contributed by atoms with Gasteiger partial charge in [-0.2, -0.15) is 4.98 Å². The van der Waals surface area contributed by atoms with E-state index in [9.17, 15) is 0 Å². The minimum Gasteiger partial charge on any atom is -0.338 e. The highest BCUT2D eigenvalue weighted by Crippen LogP contribution is 2.24. The Morgan fingerprint density at radius 2 is 1.87 bits per heavy atom. The Morgan fingerprint density at radius 3 is 2.70 bits per heavy atom. The van der Waals surface area contributed by atoms with Crippen LogP contribution in [0.4, 0.5) is 0 Å². The van der Waals surface area contributed by atoms with Crippen LogP contribution < -0.4 is 0 Å². The van der Waals surface area contributed by atoms with Crippen LogP contribution in [0.15, 0.2) is 58.2 Å². The van der Waals surface area contributed by atoms with Gasteiger partial charge in [-0.3, -0.25) is 0 Å². The minimum absolute atomic E-state index is 0.556. The third-order valence-corrected chi connectivity index (χ3v) is 4.38. The van der Waals surface area contributed by atoms with Crippen LogP contribution >= 0.6 is 23.4 Å². The van der Waals surface area contributed by atoms with Crippen LogP contribution in [0.5, 0.6) is 0 Å². The number of hydrogen-bond donors (Lipinski definition) is 1. The zero-order chi connectivity index (χ0) is 15.6. The molecule has 0 aliphatic carbocycles. The fraction of sp³-hybridized carbons (Fsp3) is 0.0625. The van der Waals surface area contributed by atoms with Gasteiger partial charge in [0.1, 0.15) is 0 Å². The molecule has 2 aromatic carbocycles. The SMILES string of the molecule is Clc1ccc(-c2noc(CSc3nc4ccccc4[nH]3)n2)cc1. The first-order chi connectivity index (χ1) is 11.3. The van der Waals surface area contributed by atoms with E-state index in [1.54, 1.807) is 12.1 Å². The van der Waals surface area contributed by atoms with E-state index in [-0.39, 0.29) is 0 Å². The molecule has 0 saturated heterocycles. The van der Waals surface area contributed by atoms with Crippen LogP contribution in [0.3, 0.4) is 0 Å². The molecule has 0 fully saturated rings. The van der Waals surface area contributed by atoms with Gasteiger partial charge in [0.05, 0.1) is 16.8 Å². The van der Waals surface area contributed by atoms with Crippen molar-refractivity contribution in [2.24, 2.45) is 0 Å². The molecule has 4 rings (SSSR count). The fourth-order valence-electron chi connectivity index (χ4n) is 2.16. The Hall–Kier alpha value is -2.31. The summed E-state index contributed by atoms with van der Waals surface area (Å²) in [6, 6.07) is 15.2. The fourth-order valence-corrected chi connectivity index (χ4v) is 3.01. The number of aromatic nitrogens is 4. The highest BCUT2D eigenvalue weighted by Gasteiger charge is 2.10. The smallest absolute Gasteiger partial charge is 0.237 e. The normalized spacial score (nSPS) is 11.2. The lowest BCUT2D eigenvalue weighted by molar-refractivity contribution is 0.391. The zero-order valence-electron chi connectivity index (χ0n) is 11.9. The molecule has 4 aromatic rings. The minimum atomic E-state index is 0.556. The number of fused-ring (bicyclic) bond motifs is 1. The van der Waals surface area contributed by atoms with E-state index in [4.69, 9.17) is 16.1 Å². The first-order valence-corrected chi connectivity index (χ1v) is 8.30. The maximum Gasteiger partial charge on any atom is 0.237 e. The molecule has 0 saturated carbocycles. The predicted octanol–water partition coefficient (Wildman–Crippen LogP) is 4.56. The van der Waals surface area contributed by atoms with Crippen LogP contribution in [0.2, 0.25) is 5.02 Å². The molecule has 0 atom stereocenters. The molecule has 5 nitrogen and oxygen atoms in total. The Balaban J connectivity index is 1.48. The van der Waals surface area contributed by atoms with Gasteiger partial charge in [-0.1, -0.05) is 40.7 Å². The molecular formula is C16H11ClN4OS. The van der Waals surface area contributed by atoms with Crippen LogP contribution in [0.25, 0.3) is 22.4 Å². The van der Waals surface area contributed by atoms with Gasteiger partial charge in [0.15, 0.2) is 5.16 Å². The molecule has 0 amide bonds. The Bertz CT molecular complexity index is 915. The quantitative estimate of drug-likeness (QED) is 0.551. The lowest BCUT2D eigenvalue weighted by Gasteiger charge is -1.93. The Labute approximate surface area is 141 Å². The lowest BCUT2D eigenvalue weighted by atomic mass is 10.2. The molecule has 0 radical (unpaired) electrons. The molecule has 0 unspecified atom stereocenters. The number of halogens is 1. The van der Waals surface area contributed by atoms with Crippen LogP contribution in [0.1, 0.15) is 5.89 Å². The van der Waals surface area contributed by atoms with E-state index in [0.29, 0.717) is 22.5 Å². The zero-order valence-corrected chi connectivity index (χ0v) is 13.4. The number of nitrogens with one attached hydrogen (secondary N) is 1. The van der Waals surface area contributed by atoms with Gasteiger partial charge < -0.3 is 9.51 Å². The number of rotatable bonds is 4. The van der Waals surface area contributed by atoms with Gasteiger partial charge >= 0.3 is 0 Å². The van der Waals surface area contributed by atoms with Crippen molar-refractivity contribution in [1.29, 1.82) is 0 Å². The summed E-state index contributed by atoms with van der Waals surface area (Å²) in [7, 11) is 0. The third-order valence-electron chi connectivity index (χ3n) is 3.27. The summed E-state index contributed by atoms with van der Waals surface area (Å²) in [6.07, 6.45) is 0. The van der Waals surface area contributed by atoms with Crippen molar-refractivity contribution in [3.63, 3.8) is 0 Å². The molecule has 0 spiro atoms. The first-order valence-electron chi connectivity index (χ1n) is 6.94. The number of aromatic amines is 1. The summed E-state index contributed by atoms with van der Waals surface area (Å²) in [4.78, 5) is 12.2. The summed E-state index contributed by atoms with van der Waals surface area (Å²) in [5.41, 5.74) is 2.84. The number of benzene rings is 2. The molecular weight excluding hydrogens is 332 g/mol. The molecule has 114 valence electrons. The van der Waals surface area contributed by atoms with Crippen molar-refractivity contribution in [3.05, 3.63) is 59.4 Å². The second-order valence-corrected chi connectivity index (χ2v) is 6.27. The number of imidazole rings is 1. The summed E-state index contributed by atoms with van der Waals surface area (Å²) >= 11 is 7.40. The van der Waals surface area contributed by atoms with Crippen molar-refractivity contribution in [3.8, 4) is 11.4 Å². The first kappa shape index (κ1) is 14.3. The molecule has 0 bridgehead atoms. The molecule has 7 heteroatoms. The average Bonchev–Trinajstić information content (AvgIpc) is 3.20. The summed E-state index contributed by atoms with van der Waals surface area (Å²) < 4.78 is 5.29. The average molecular weight is 343 g/mol. The van der Waals surface area contributed by atoms with E-state index < -0.39 is 0 Å². The second kappa shape index (κ2) is 6.06. The molecule has 0 aliphatic rings. The maximum absolute atomic E-state index is 5.88.